The SMILES string of the molecule is CC(=O)CC(C)(C)C(=O)O.CC(=O)O. The zero-order valence-electron chi connectivity index (χ0n) is 8.83. The zero-order chi connectivity index (χ0) is 11.9. The second-order valence-electron chi connectivity index (χ2n) is 3.59. The van der Waals surface area contributed by atoms with Crippen LogP contribution in [0.1, 0.15) is 34.1 Å². The van der Waals surface area contributed by atoms with E-state index in [4.69, 9.17) is 15.0 Å². The van der Waals surface area contributed by atoms with Crippen molar-refractivity contribution in [2.45, 2.75) is 34.1 Å². The predicted octanol–water partition coefficient (Wildman–Crippen LogP) is 1.17. The summed E-state index contributed by atoms with van der Waals surface area (Å²) in [4.78, 5) is 29.9. The van der Waals surface area contributed by atoms with E-state index in [9.17, 15) is 9.59 Å². The van der Waals surface area contributed by atoms with Crippen LogP contribution in [0.2, 0.25) is 0 Å². The summed E-state index contributed by atoms with van der Waals surface area (Å²) in [6.45, 7) is 5.55. The number of Topliss-reactive ketones (excluding diaryl/α,β-unsaturated/α-hetero) is 1. The first kappa shape index (κ1) is 15.1. The maximum absolute atomic E-state index is 10.5. The van der Waals surface area contributed by atoms with Gasteiger partial charge in [0.1, 0.15) is 5.78 Å². The Morgan fingerprint density at radius 1 is 1.07 bits per heavy atom. The van der Waals surface area contributed by atoms with Crippen LogP contribution >= 0.6 is 0 Å². The fourth-order valence-electron chi connectivity index (χ4n) is 0.698. The number of aliphatic carboxylic acids is 2. The molecule has 5 nitrogen and oxygen atoms in total. The molecule has 0 bridgehead atoms. The van der Waals surface area contributed by atoms with E-state index in [-0.39, 0.29) is 12.2 Å². The van der Waals surface area contributed by atoms with Crippen LogP contribution in [-0.4, -0.2) is 27.9 Å². The van der Waals surface area contributed by atoms with E-state index in [1.54, 1.807) is 0 Å². The van der Waals surface area contributed by atoms with Gasteiger partial charge >= 0.3 is 5.97 Å². The topological polar surface area (TPSA) is 91.7 Å². The lowest BCUT2D eigenvalue weighted by atomic mass is 9.88. The Bertz CT molecular complexity index is 225. The van der Waals surface area contributed by atoms with Crippen LogP contribution in [0.25, 0.3) is 0 Å². The van der Waals surface area contributed by atoms with Crippen molar-refractivity contribution in [3.8, 4) is 0 Å². The molecule has 0 spiro atoms. The summed E-state index contributed by atoms with van der Waals surface area (Å²) in [7, 11) is 0. The van der Waals surface area contributed by atoms with Crippen LogP contribution in [-0.2, 0) is 14.4 Å². The Hall–Kier alpha value is -1.39. The van der Waals surface area contributed by atoms with E-state index >= 15 is 0 Å². The highest BCUT2D eigenvalue weighted by Crippen LogP contribution is 2.20. The van der Waals surface area contributed by atoms with Crippen LogP contribution in [0.4, 0.5) is 0 Å². The Balaban J connectivity index is 0. The minimum atomic E-state index is -0.928. The summed E-state index contributed by atoms with van der Waals surface area (Å²) in [6, 6.07) is 0. The third-order valence-electron chi connectivity index (χ3n) is 1.27. The van der Waals surface area contributed by atoms with Gasteiger partial charge in [0.25, 0.3) is 5.97 Å². The van der Waals surface area contributed by atoms with Crippen molar-refractivity contribution in [1.29, 1.82) is 0 Å². The molecule has 0 amide bonds. The number of carboxylic acid groups (broad SMARTS) is 2. The number of carbonyl (C=O) groups excluding carboxylic acids is 1. The first-order valence-corrected chi connectivity index (χ1v) is 4.02. The van der Waals surface area contributed by atoms with Crippen LogP contribution in [0.5, 0.6) is 0 Å². The standard InChI is InChI=1S/C7H12O3.C2H4O2/c1-5(8)4-7(2,3)6(9)10;1-2(3)4/h4H2,1-3H3,(H,9,10);1H3,(H,3,4). The highest BCUT2D eigenvalue weighted by molar-refractivity contribution is 5.84. The van der Waals surface area contributed by atoms with Crippen molar-refractivity contribution >= 4 is 17.7 Å². The molecule has 0 saturated carbocycles. The van der Waals surface area contributed by atoms with Gasteiger partial charge in [0.15, 0.2) is 0 Å². The average molecular weight is 204 g/mol. The summed E-state index contributed by atoms with van der Waals surface area (Å²) in [5.41, 5.74) is -0.911. The fraction of sp³-hybridized carbons (Fsp3) is 0.667. The number of ketones is 1. The van der Waals surface area contributed by atoms with E-state index in [0.717, 1.165) is 6.92 Å². The van der Waals surface area contributed by atoms with Crippen molar-refractivity contribution in [2.75, 3.05) is 0 Å². The highest BCUT2D eigenvalue weighted by atomic mass is 16.4. The molecule has 0 unspecified atom stereocenters. The van der Waals surface area contributed by atoms with Gasteiger partial charge in [0, 0.05) is 13.3 Å². The lowest BCUT2D eigenvalue weighted by molar-refractivity contribution is -0.149. The van der Waals surface area contributed by atoms with Crippen LogP contribution in [0.3, 0.4) is 0 Å². The lowest BCUT2D eigenvalue weighted by Crippen LogP contribution is -2.25. The maximum Gasteiger partial charge on any atom is 0.309 e. The molecule has 0 aromatic heterocycles. The molecular formula is C9H16O5. The Labute approximate surface area is 82.7 Å². The van der Waals surface area contributed by atoms with Gasteiger partial charge in [-0.25, -0.2) is 0 Å². The molecule has 0 rings (SSSR count). The van der Waals surface area contributed by atoms with E-state index < -0.39 is 17.4 Å². The Morgan fingerprint density at radius 2 is 1.36 bits per heavy atom. The largest absolute Gasteiger partial charge is 0.481 e. The second kappa shape index (κ2) is 6.12. The normalized spacial score (nSPS) is 9.71. The summed E-state index contributed by atoms with van der Waals surface area (Å²) in [5, 5.41) is 16.0. The Kier molecular flexibility index (Phi) is 6.60. The summed E-state index contributed by atoms with van der Waals surface area (Å²) in [5.74, 6) is -1.85. The number of hydrogen-bond acceptors (Lipinski definition) is 3. The smallest absolute Gasteiger partial charge is 0.309 e. The van der Waals surface area contributed by atoms with Crippen LogP contribution in [0, 0.1) is 5.41 Å². The molecule has 2 N–H and O–H groups in total. The monoisotopic (exact) mass is 204 g/mol. The molecule has 0 atom stereocenters. The molecule has 0 radical (unpaired) electrons. The first-order chi connectivity index (χ1) is 6.09. The average Bonchev–Trinajstić information content (AvgIpc) is 1.81. The molecule has 0 aliphatic carbocycles. The molecule has 0 heterocycles. The second-order valence-corrected chi connectivity index (χ2v) is 3.59. The highest BCUT2D eigenvalue weighted by Gasteiger charge is 2.28. The third-order valence-corrected chi connectivity index (χ3v) is 1.27. The van der Waals surface area contributed by atoms with Gasteiger partial charge in [-0.2, -0.15) is 0 Å². The summed E-state index contributed by atoms with van der Waals surface area (Å²) in [6.07, 6.45) is 0.0995. The first-order valence-electron chi connectivity index (χ1n) is 4.02. The van der Waals surface area contributed by atoms with E-state index in [0.29, 0.717) is 0 Å². The van der Waals surface area contributed by atoms with Crippen molar-refractivity contribution < 1.29 is 24.6 Å². The van der Waals surface area contributed by atoms with Gasteiger partial charge in [-0.3, -0.25) is 14.4 Å². The van der Waals surface area contributed by atoms with Gasteiger partial charge in [-0.1, -0.05) is 0 Å². The predicted molar refractivity (Wildman–Crippen MR) is 50.0 cm³/mol. The number of rotatable bonds is 3. The van der Waals surface area contributed by atoms with Crippen LogP contribution < -0.4 is 0 Å². The zero-order valence-corrected chi connectivity index (χ0v) is 8.83. The molecule has 0 aliphatic rings. The third kappa shape index (κ3) is 10.6. The molecule has 0 saturated heterocycles. The van der Waals surface area contributed by atoms with E-state index in [1.807, 2.05) is 0 Å². The minimum Gasteiger partial charge on any atom is -0.481 e. The van der Waals surface area contributed by atoms with Gasteiger partial charge in [0.05, 0.1) is 5.41 Å². The van der Waals surface area contributed by atoms with Gasteiger partial charge in [-0.05, 0) is 20.8 Å². The van der Waals surface area contributed by atoms with Crippen molar-refractivity contribution in [1.82, 2.24) is 0 Å². The molecule has 5 heteroatoms. The molecule has 0 aromatic carbocycles. The maximum atomic E-state index is 10.5. The number of carboxylic acids is 2. The van der Waals surface area contributed by atoms with Crippen molar-refractivity contribution in [2.24, 2.45) is 5.41 Å². The Morgan fingerprint density at radius 3 is 1.43 bits per heavy atom. The van der Waals surface area contributed by atoms with E-state index in [2.05, 4.69) is 0 Å². The van der Waals surface area contributed by atoms with E-state index in [1.165, 1.54) is 20.8 Å². The fourth-order valence-corrected chi connectivity index (χ4v) is 0.698. The minimum absolute atomic E-state index is 0.0904. The lowest BCUT2D eigenvalue weighted by Gasteiger charge is -2.15. The summed E-state index contributed by atoms with van der Waals surface area (Å²) >= 11 is 0. The molecule has 0 fully saturated rings. The molecular weight excluding hydrogens is 188 g/mol. The van der Waals surface area contributed by atoms with Gasteiger partial charge in [-0.15, -0.1) is 0 Å². The van der Waals surface area contributed by atoms with Crippen molar-refractivity contribution in [3.63, 3.8) is 0 Å². The summed E-state index contributed by atoms with van der Waals surface area (Å²) < 4.78 is 0. The molecule has 82 valence electrons. The quantitative estimate of drug-likeness (QED) is 0.719. The van der Waals surface area contributed by atoms with Gasteiger partial charge in [0.2, 0.25) is 0 Å². The number of carbonyl (C=O) groups is 3. The molecule has 14 heavy (non-hydrogen) atoms. The molecule has 0 aromatic rings. The molecule has 0 aliphatic heterocycles. The van der Waals surface area contributed by atoms with Gasteiger partial charge < -0.3 is 10.2 Å². The number of hydrogen-bond donors (Lipinski definition) is 2. The van der Waals surface area contributed by atoms with Crippen LogP contribution in [0.15, 0.2) is 0 Å². The van der Waals surface area contributed by atoms with Crippen molar-refractivity contribution in [3.05, 3.63) is 0 Å².